The molecule has 4 aliphatic heterocycles. The SMILES string of the molecule is O=C(NCCN1CCOCC1)C1=CN2C3CC4C(CC3OC3C(NCCCN5CCOCC5)C(F)CC(C1=O)C32)C(=O)C1CCCCC14. The minimum atomic E-state index is -1.28. The number of nitrogens with zero attached hydrogens (tertiary/aromatic N) is 3. The summed E-state index contributed by atoms with van der Waals surface area (Å²) in [5.74, 6) is 0.0208. The van der Waals surface area contributed by atoms with E-state index in [4.69, 9.17) is 14.2 Å². The van der Waals surface area contributed by atoms with Crippen LogP contribution in [-0.4, -0.2) is 147 Å². The van der Waals surface area contributed by atoms with Crippen molar-refractivity contribution in [2.75, 3.05) is 78.8 Å². The molecule has 0 aromatic heterocycles. The van der Waals surface area contributed by atoms with Gasteiger partial charge in [0.1, 0.15) is 12.0 Å². The van der Waals surface area contributed by atoms with Gasteiger partial charge in [0.25, 0.3) is 5.91 Å². The minimum absolute atomic E-state index is 0.00486. The van der Waals surface area contributed by atoms with Crippen LogP contribution in [0.1, 0.15) is 51.4 Å². The molecule has 0 bridgehead atoms. The molecule has 4 aliphatic carbocycles. The van der Waals surface area contributed by atoms with Gasteiger partial charge in [0, 0.05) is 63.2 Å². The highest BCUT2D eigenvalue weighted by atomic mass is 19.1. The second-order valence-electron chi connectivity index (χ2n) is 15.6. The minimum Gasteiger partial charge on any atom is -0.379 e. The van der Waals surface area contributed by atoms with E-state index in [2.05, 4.69) is 25.3 Å². The molecule has 11 atom stereocenters. The molecule has 11 nitrogen and oxygen atoms in total. The zero-order valence-electron chi connectivity index (χ0n) is 28.2. The van der Waals surface area contributed by atoms with Crippen molar-refractivity contribution in [2.45, 2.75) is 87.9 Å². The number of morpholine rings is 3. The Morgan fingerprint density at radius 3 is 2.35 bits per heavy atom. The van der Waals surface area contributed by atoms with Gasteiger partial charge >= 0.3 is 0 Å². The normalized spacial score (nSPS) is 41.6. The number of nitrogens with one attached hydrogen (secondary N) is 2. The van der Waals surface area contributed by atoms with Crippen LogP contribution in [0.5, 0.6) is 0 Å². The Kier molecular flexibility index (Phi) is 9.92. The first-order valence-electron chi connectivity index (χ1n) is 19.0. The fraction of sp³-hybridized carbons (Fsp3) is 0.861. The van der Waals surface area contributed by atoms with E-state index in [1.165, 1.54) is 6.42 Å². The Morgan fingerprint density at radius 1 is 0.854 bits per heavy atom. The number of rotatable bonds is 9. The van der Waals surface area contributed by atoms with Gasteiger partial charge in [-0.25, -0.2) is 4.39 Å². The summed E-state index contributed by atoms with van der Waals surface area (Å²) in [7, 11) is 0. The molecule has 4 heterocycles. The Bertz CT molecular complexity index is 1240. The molecule has 0 aromatic carbocycles. The summed E-state index contributed by atoms with van der Waals surface area (Å²) in [4.78, 5) is 48.3. The summed E-state index contributed by atoms with van der Waals surface area (Å²) in [5, 5.41) is 6.52. The second kappa shape index (κ2) is 14.3. The van der Waals surface area contributed by atoms with Crippen LogP contribution in [0.2, 0.25) is 0 Å². The molecule has 3 saturated heterocycles. The third kappa shape index (κ3) is 6.27. The van der Waals surface area contributed by atoms with Gasteiger partial charge in [0.05, 0.1) is 62.3 Å². The maximum Gasteiger partial charge on any atom is 0.256 e. The summed E-state index contributed by atoms with van der Waals surface area (Å²) in [6, 6.07) is -0.918. The van der Waals surface area contributed by atoms with Crippen molar-refractivity contribution in [2.24, 2.45) is 29.6 Å². The zero-order chi connectivity index (χ0) is 32.8. The lowest BCUT2D eigenvalue weighted by atomic mass is 9.66. The number of Topliss-reactive ketones (excluding diaryl/α,β-unsaturated/α-hetero) is 2. The number of carbonyl (C=O) groups excluding carboxylic acids is 3. The van der Waals surface area contributed by atoms with Crippen LogP contribution < -0.4 is 10.6 Å². The van der Waals surface area contributed by atoms with Gasteiger partial charge in [-0.3, -0.25) is 24.2 Å². The number of fused-ring (bicyclic) bond motifs is 5. The van der Waals surface area contributed by atoms with Crippen LogP contribution in [0.15, 0.2) is 11.8 Å². The van der Waals surface area contributed by atoms with Gasteiger partial charge < -0.3 is 29.7 Å². The molecule has 8 aliphatic rings. The fourth-order valence-electron chi connectivity index (χ4n) is 10.8. The number of alkyl halides is 1. The standard InChI is InChI=1S/C36H54FN5O6/c37-28-18-26-32-35(31(28)38-6-3-8-40-10-14-46-15-11-40)48-30-20-25-24(22-4-1-2-5-23(22)33(25)43)19-29(30)42(32)21-27(34(26)44)36(45)39-7-9-41-12-16-47-17-13-41/h21-26,28-32,35,38H,1-20H2,(H,39,45). The van der Waals surface area contributed by atoms with Crippen molar-refractivity contribution in [3.8, 4) is 0 Å². The van der Waals surface area contributed by atoms with Crippen molar-refractivity contribution in [3.05, 3.63) is 11.8 Å². The summed E-state index contributed by atoms with van der Waals surface area (Å²) in [6.07, 6.45) is 6.59. The lowest BCUT2D eigenvalue weighted by molar-refractivity contribution is -0.206. The Hall–Kier alpha value is -1.96. The molecule has 11 unspecified atom stereocenters. The van der Waals surface area contributed by atoms with Crippen molar-refractivity contribution in [1.29, 1.82) is 0 Å². The Balaban J connectivity index is 1.03. The van der Waals surface area contributed by atoms with Gasteiger partial charge in [-0.05, 0) is 63.5 Å². The van der Waals surface area contributed by atoms with E-state index < -0.39 is 24.2 Å². The third-order valence-electron chi connectivity index (χ3n) is 13.2. The van der Waals surface area contributed by atoms with Crippen molar-refractivity contribution < 1.29 is 33.0 Å². The lowest BCUT2D eigenvalue weighted by Crippen LogP contribution is -2.73. The maximum atomic E-state index is 16.3. The van der Waals surface area contributed by atoms with Gasteiger partial charge in [-0.1, -0.05) is 12.8 Å². The highest BCUT2D eigenvalue weighted by Gasteiger charge is 2.62. The number of ether oxygens (including phenoxy) is 3. The quantitative estimate of drug-likeness (QED) is 0.274. The number of hydrogen-bond donors (Lipinski definition) is 2. The number of hydrogen-bond acceptors (Lipinski definition) is 10. The first-order valence-corrected chi connectivity index (χ1v) is 19.0. The third-order valence-corrected chi connectivity index (χ3v) is 13.2. The summed E-state index contributed by atoms with van der Waals surface area (Å²) < 4.78 is 34.1. The van der Waals surface area contributed by atoms with Gasteiger partial charge in [0.15, 0.2) is 5.78 Å². The molecule has 1 amide bonds. The summed E-state index contributed by atoms with van der Waals surface area (Å²) in [6.45, 7) is 9.07. The van der Waals surface area contributed by atoms with E-state index in [1.807, 2.05) is 6.20 Å². The van der Waals surface area contributed by atoms with Crippen molar-refractivity contribution in [1.82, 2.24) is 25.3 Å². The van der Waals surface area contributed by atoms with E-state index >= 15 is 4.39 Å². The van der Waals surface area contributed by atoms with Gasteiger partial charge in [0.2, 0.25) is 0 Å². The van der Waals surface area contributed by atoms with Crippen LogP contribution in [0.4, 0.5) is 4.39 Å². The first-order chi connectivity index (χ1) is 23.5. The molecule has 266 valence electrons. The van der Waals surface area contributed by atoms with Crippen molar-refractivity contribution in [3.63, 3.8) is 0 Å². The van der Waals surface area contributed by atoms with E-state index in [-0.39, 0.29) is 53.7 Å². The molecule has 8 rings (SSSR count). The molecule has 7 fully saturated rings. The number of ketones is 2. The lowest BCUT2D eigenvalue weighted by Gasteiger charge is -2.60. The molecule has 0 radical (unpaired) electrons. The summed E-state index contributed by atoms with van der Waals surface area (Å²) in [5.41, 5.74) is 0.141. The van der Waals surface area contributed by atoms with Crippen LogP contribution in [0.25, 0.3) is 0 Å². The number of carbonyl (C=O) groups is 3. The van der Waals surface area contributed by atoms with E-state index in [0.29, 0.717) is 56.9 Å². The van der Waals surface area contributed by atoms with Crippen LogP contribution >= 0.6 is 0 Å². The molecular weight excluding hydrogens is 617 g/mol. The van der Waals surface area contributed by atoms with Crippen LogP contribution in [0.3, 0.4) is 0 Å². The first kappa shape index (κ1) is 33.2. The molecule has 0 aromatic rings. The number of halogens is 1. The Morgan fingerprint density at radius 2 is 1.58 bits per heavy atom. The monoisotopic (exact) mass is 671 g/mol. The van der Waals surface area contributed by atoms with Crippen LogP contribution in [-0.2, 0) is 28.6 Å². The average molecular weight is 672 g/mol. The predicted molar refractivity (Wildman–Crippen MR) is 175 cm³/mol. The van der Waals surface area contributed by atoms with Gasteiger partial charge in [-0.15, -0.1) is 0 Å². The predicted octanol–water partition coefficient (Wildman–Crippen LogP) is 1.16. The highest BCUT2D eigenvalue weighted by molar-refractivity contribution is 6.20. The summed E-state index contributed by atoms with van der Waals surface area (Å²) >= 11 is 0. The van der Waals surface area contributed by atoms with Gasteiger partial charge in [-0.2, -0.15) is 0 Å². The Labute approximate surface area is 283 Å². The van der Waals surface area contributed by atoms with E-state index in [9.17, 15) is 14.4 Å². The molecule has 2 N–H and O–H groups in total. The van der Waals surface area contributed by atoms with E-state index in [1.54, 1.807) is 0 Å². The highest BCUT2D eigenvalue weighted by Crippen LogP contribution is 2.55. The van der Waals surface area contributed by atoms with Crippen LogP contribution in [0, 0.1) is 29.6 Å². The topological polar surface area (TPSA) is 113 Å². The zero-order valence-corrected chi connectivity index (χ0v) is 28.2. The largest absolute Gasteiger partial charge is 0.379 e. The smallest absolute Gasteiger partial charge is 0.256 e. The molecule has 12 heteroatoms. The average Bonchev–Trinajstić information content (AvgIpc) is 3.39. The number of amides is 1. The maximum absolute atomic E-state index is 16.3. The fourth-order valence-corrected chi connectivity index (χ4v) is 10.8. The molecule has 4 saturated carbocycles. The molecule has 0 spiro atoms. The molecule has 48 heavy (non-hydrogen) atoms. The van der Waals surface area contributed by atoms with E-state index in [0.717, 1.165) is 78.0 Å². The van der Waals surface area contributed by atoms with Crippen molar-refractivity contribution >= 4 is 17.5 Å². The second-order valence-corrected chi connectivity index (χ2v) is 15.6. The molecular formula is C36H54FN5O6.